The van der Waals surface area contributed by atoms with Gasteiger partial charge in [0, 0.05) is 17.3 Å². The number of nitrogens with zero attached hydrogens (tertiary/aromatic N) is 3. The van der Waals surface area contributed by atoms with Crippen molar-refractivity contribution < 1.29 is 22.8 Å². The number of amides is 1. The molecule has 0 fully saturated rings. The summed E-state index contributed by atoms with van der Waals surface area (Å²) in [6, 6.07) is 13.3. The number of Topliss-reactive ketones (excluding diaryl/α,β-unsaturated/α-hetero) is 1. The van der Waals surface area contributed by atoms with Gasteiger partial charge in [-0.15, -0.1) is 0 Å². The molecule has 2 aromatic carbocycles. The fraction of sp³-hybridized carbons (Fsp3) is 0.100. The number of hydrogen-bond acceptors (Lipinski definition) is 4. The largest absolute Gasteiger partial charge is 0.454 e. The van der Waals surface area contributed by atoms with E-state index < -0.39 is 23.4 Å². The Hall–Kier alpha value is -3.93. The quantitative estimate of drug-likeness (QED) is 0.662. The van der Waals surface area contributed by atoms with Crippen molar-refractivity contribution >= 4 is 17.4 Å². The lowest BCUT2D eigenvalue weighted by atomic mass is 10.1. The Bertz CT molecular complexity index is 1100. The maximum atomic E-state index is 12.4. The third-order valence-corrected chi connectivity index (χ3v) is 3.96. The average molecular weight is 398 g/mol. The molecule has 29 heavy (non-hydrogen) atoms. The third kappa shape index (κ3) is 4.87. The fourth-order valence-corrected chi connectivity index (χ4v) is 2.58. The van der Waals surface area contributed by atoms with Gasteiger partial charge in [0.1, 0.15) is 0 Å². The number of ketones is 1. The molecule has 0 aliphatic carbocycles. The first-order valence-corrected chi connectivity index (χ1v) is 8.31. The number of nitrogens with one attached hydrogen (secondary N) is 1. The van der Waals surface area contributed by atoms with E-state index in [0.29, 0.717) is 17.8 Å². The summed E-state index contributed by atoms with van der Waals surface area (Å²) < 4.78 is 38.9. The molecule has 1 N–H and O–H groups in total. The van der Waals surface area contributed by atoms with Gasteiger partial charge in [-0.1, -0.05) is 24.3 Å². The molecule has 0 radical (unpaired) electrons. The third-order valence-electron chi connectivity index (χ3n) is 3.96. The van der Waals surface area contributed by atoms with E-state index in [1.807, 2.05) is 6.07 Å². The topological polar surface area (TPSA) is 87.8 Å². The molecule has 146 valence electrons. The number of anilines is 1. The minimum Gasteiger partial charge on any atom is -0.319 e. The number of benzene rings is 2. The van der Waals surface area contributed by atoms with Gasteiger partial charge in [-0.05, 0) is 29.8 Å². The standard InChI is InChI=1S/C20H13F3N4O2/c21-20(22,23)18(28)15-4-6-16(7-5-15)19(29)26-17-10-25-27(12-17)11-14-3-1-2-13(8-14)9-24/h1-8,10,12H,11H2,(H,26,29). The summed E-state index contributed by atoms with van der Waals surface area (Å²) in [5, 5.41) is 15.6. The Kier molecular flexibility index (Phi) is 5.45. The van der Waals surface area contributed by atoms with Crippen molar-refractivity contribution in [2.24, 2.45) is 0 Å². The summed E-state index contributed by atoms with van der Waals surface area (Å²) in [6.07, 6.45) is -1.96. The van der Waals surface area contributed by atoms with Crippen LogP contribution in [0.1, 0.15) is 31.8 Å². The lowest BCUT2D eigenvalue weighted by Gasteiger charge is -2.06. The summed E-state index contributed by atoms with van der Waals surface area (Å²) >= 11 is 0. The monoisotopic (exact) mass is 398 g/mol. The zero-order chi connectivity index (χ0) is 21.0. The first kappa shape index (κ1) is 19.8. The van der Waals surface area contributed by atoms with E-state index in [2.05, 4.69) is 16.5 Å². The first-order chi connectivity index (χ1) is 13.8. The normalized spacial score (nSPS) is 11.0. The van der Waals surface area contributed by atoms with Gasteiger partial charge < -0.3 is 5.32 Å². The number of aromatic nitrogens is 2. The summed E-state index contributed by atoms with van der Waals surface area (Å²) in [5.74, 6) is -2.52. The van der Waals surface area contributed by atoms with Gasteiger partial charge in [0.2, 0.25) is 0 Å². The highest BCUT2D eigenvalue weighted by molar-refractivity contribution is 6.05. The van der Waals surface area contributed by atoms with E-state index in [-0.39, 0.29) is 5.56 Å². The molecule has 1 aromatic heterocycles. The molecule has 6 nitrogen and oxygen atoms in total. The Balaban J connectivity index is 1.65. The molecule has 0 saturated heterocycles. The first-order valence-electron chi connectivity index (χ1n) is 8.31. The van der Waals surface area contributed by atoms with Gasteiger partial charge in [-0.25, -0.2) is 0 Å². The molecule has 0 aliphatic heterocycles. The van der Waals surface area contributed by atoms with Gasteiger partial charge in [-0.2, -0.15) is 23.5 Å². The van der Waals surface area contributed by atoms with Crippen molar-refractivity contribution in [3.05, 3.63) is 83.2 Å². The van der Waals surface area contributed by atoms with E-state index in [9.17, 15) is 22.8 Å². The zero-order valence-electron chi connectivity index (χ0n) is 14.8. The van der Waals surface area contributed by atoms with Crippen molar-refractivity contribution in [3.8, 4) is 6.07 Å². The Labute approximate surface area is 163 Å². The summed E-state index contributed by atoms with van der Waals surface area (Å²) in [7, 11) is 0. The number of halogens is 3. The van der Waals surface area contributed by atoms with E-state index in [1.165, 1.54) is 6.20 Å². The van der Waals surface area contributed by atoms with Crippen molar-refractivity contribution in [1.29, 1.82) is 5.26 Å². The molecular weight excluding hydrogens is 385 g/mol. The van der Waals surface area contributed by atoms with Crippen molar-refractivity contribution in [2.75, 3.05) is 5.32 Å². The molecule has 9 heteroatoms. The fourth-order valence-electron chi connectivity index (χ4n) is 2.58. The molecule has 0 aliphatic rings. The van der Waals surface area contributed by atoms with Crippen molar-refractivity contribution in [2.45, 2.75) is 12.7 Å². The van der Waals surface area contributed by atoms with E-state index in [4.69, 9.17) is 5.26 Å². The van der Waals surface area contributed by atoms with Crippen LogP contribution in [0.5, 0.6) is 0 Å². The van der Waals surface area contributed by atoms with Gasteiger partial charge >= 0.3 is 6.18 Å². The Morgan fingerprint density at radius 2 is 1.79 bits per heavy atom. The minimum atomic E-state index is -4.97. The van der Waals surface area contributed by atoms with Crippen molar-refractivity contribution in [3.63, 3.8) is 0 Å². The van der Waals surface area contributed by atoms with Crippen LogP contribution < -0.4 is 5.32 Å². The maximum absolute atomic E-state index is 12.4. The predicted octanol–water partition coefficient (Wildman–Crippen LogP) is 3.80. The molecule has 0 bridgehead atoms. The van der Waals surface area contributed by atoms with Crippen LogP contribution in [-0.2, 0) is 6.54 Å². The summed E-state index contributed by atoms with van der Waals surface area (Å²) in [4.78, 5) is 23.4. The van der Waals surface area contributed by atoms with Crippen LogP contribution in [0, 0.1) is 11.3 Å². The highest BCUT2D eigenvalue weighted by atomic mass is 19.4. The molecule has 3 rings (SSSR count). The number of hydrogen-bond donors (Lipinski definition) is 1. The highest BCUT2D eigenvalue weighted by Crippen LogP contribution is 2.22. The maximum Gasteiger partial charge on any atom is 0.454 e. The van der Waals surface area contributed by atoms with Gasteiger partial charge in [0.25, 0.3) is 11.7 Å². The van der Waals surface area contributed by atoms with Crippen LogP contribution in [0.3, 0.4) is 0 Å². The molecule has 0 atom stereocenters. The lowest BCUT2D eigenvalue weighted by Crippen LogP contribution is -2.22. The number of nitriles is 1. The average Bonchev–Trinajstić information content (AvgIpc) is 3.13. The molecule has 0 saturated carbocycles. The molecule has 0 spiro atoms. The lowest BCUT2D eigenvalue weighted by molar-refractivity contribution is -0.0885. The predicted molar refractivity (Wildman–Crippen MR) is 97.3 cm³/mol. The molecule has 1 heterocycles. The second-order valence-corrected chi connectivity index (χ2v) is 6.10. The number of alkyl halides is 3. The second kappa shape index (κ2) is 7.98. The minimum absolute atomic E-state index is 0.0956. The van der Waals surface area contributed by atoms with Crippen molar-refractivity contribution in [1.82, 2.24) is 9.78 Å². The molecule has 3 aromatic rings. The number of carbonyl (C=O) groups excluding carboxylic acids is 2. The van der Waals surface area contributed by atoms with E-state index in [1.54, 1.807) is 29.1 Å². The van der Waals surface area contributed by atoms with Crippen LogP contribution >= 0.6 is 0 Å². The van der Waals surface area contributed by atoms with Crippen LogP contribution in [0.4, 0.5) is 18.9 Å². The second-order valence-electron chi connectivity index (χ2n) is 6.10. The van der Waals surface area contributed by atoms with Gasteiger partial charge in [-0.3, -0.25) is 14.3 Å². The van der Waals surface area contributed by atoms with Crippen LogP contribution in [0.25, 0.3) is 0 Å². The van der Waals surface area contributed by atoms with E-state index in [0.717, 1.165) is 29.8 Å². The molecule has 1 amide bonds. The number of rotatable bonds is 5. The SMILES string of the molecule is N#Cc1cccc(Cn2cc(NC(=O)c3ccc(C(=O)C(F)(F)F)cc3)cn2)c1. The Morgan fingerprint density at radius 1 is 1.10 bits per heavy atom. The van der Waals surface area contributed by atoms with Crippen LogP contribution in [0.15, 0.2) is 60.9 Å². The summed E-state index contributed by atoms with van der Waals surface area (Å²) in [6.45, 7) is 0.389. The number of carbonyl (C=O) groups is 2. The smallest absolute Gasteiger partial charge is 0.319 e. The summed E-state index contributed by atoms with van der Waals surface area (Å²) in [5.41, 5.74) is 1.33. The zero-order valence-corrected chi connectivity index (χ0v) is 14.8. The van der Waals surface area contributed by atoms with Crippen LogP contribution in [0.2, 0.25) is 0 Å². The van der Waals surface area contributed by atoms with Gasteiger partial charge in [0.15, 0.2) is 0 Å². The highest BCUT2D eigenvalue weighted by Gasteiger charge is 2.39. The van der Waals surface area contributed by atoms with Gasteiger partial charge in [0.05, 0.1) is 30.1 Å². The Morgan fingerprint density at radius 3 is 2.45 bits per heavy atom. The molecule has 0 unspecified atom stereocenters. The van der Waals surface area contributed by atoms with E-state index >= 15 is 0 Å². The molecular formula is C20H13F3N4O2. The van der Waals surface area contributed by atoms with Crippen LogP contribution in [-0.4, -0.2) is 27.6 Å².